The van der Waals surface area contributed by atoms with Crippen LogP contribution in [0.25, 0.3) is 0 Å². The normalized spacial score (nSPS) is 13.2. The van der Waals surface area contributed by atoms with E-state index in [0.29, 0.717) is 0 Å². The molecular formula is C6H13N3O2SSi. The fraction of sp³-hybridized carbons (Fsp3) is 0.500. The maximum Gasteiger partial charge on any atom is 0.300 e. The highest BCUT2D eigenvalue weighted by atomic mass is 32.2. The summed E-state index contributed by atoms with van der Waals surface area (Å²) in [6.45, 7) is 5.75. The van der Waals surface area contributed by atoms with Gasteiger partial charge in [-0.3, -0.25) is 0 Å². The van der Waals surface area contributed by atoms with Gasteiger partial charge in [-0.1, -0.05) is 19.6 Å². The molecule has 74 valence electrons. The number of hydrogen-bond donors (Lipinski definition) is 1. The average molecular weight is 219 g/mol. The van der Waals surface area contributed by atoms with Gasteiger partial charge in [-0.15, -0.1) is 0 Å². The van der Waals surface area contributed by atoms with E-state index in [1.165, 1.54) is 18.7 Å². The molecule has 0 amide bonds. The second kappa shape index (κ2) is 3.24. The first-order chi connectivity index (χ1) is 5.81. The summed E-state index contributed by atoms with van der Waals surface area (Å²) in [7, 11) is -5.24. The van der Waals surface area contributed by atoms with Crippen LogP contribution in [0.1, 0.15) is 0 Å². The molecule has 0 aromatic carbocycles. The van der Waals surface area contributed by atoms with Crippen LogP contribution < -0.4 is 4.39 Å². The average Bonchev–Trinajstić information content (AvgIpc) is 2.29. The molecule has 0 bridgehead atoms. The van der Waals surface area contributed by atoms with Gasteiger partial charge >= 0.3 is 0 Å². The maximum atomic E-state index is 11.6. The molecule has 1 N–H and O–H groups in total. The molecule has 0 fully saturated rings. The number of hydrogen-bond acceptors (Lipinski definition) is 3. The first-order valence-electron chi connectivity index (χ1n) is 3.84. The number of imidazole rings is 1. The lowest BCUT2D eigenvalue weighted by atomic mass is 11.0. The molecule has 0 unspecified atom stereocenters. The standard InChI is InChI=1S/C6H13N3O2SSi/c1-13(2,3)8-12(10,11)9-5-4-7-6-9/h4-6,8H,1-3H3. The SMILES string of the molecule is C[Si](C)(C)NS(=O)(=O)n1ccnc1. The molecule has 0 saturated heterocycles. The summed E-state index contributed by atoms with van der Waals surface area (Å²) in [4.78, 5) is 3.68. The van der Waals surface area contributed by atoms with Crippen LogP contribution >= 0.6 is 0 Å². The van der Waals surface area contributed by atoms with Crippen molar-refractivity contribution in [1.82, 2.24) is 13.3 Å². The van der Waals surface area contributed by atoms with E-state index in [9.17, 15) is 8.42 Å². The van der Waals surface area contributed by atoms with Gasteiger partial charge in [0.05, 0.1) is 0 Å². The maximum absolute atomic E-state index is 11.6. The van der Waals surface area contributed by atoms with E-state index in [1.54, 1.807) is 0 Å². The smallest absolute Gasteiger partial charge is 0.244 e. The van der Waals surface area contributed by atoms with Crippen LogP contribution in [0, 0.1) is 0 Å². The lowest BCUT2D eigenvalue weighted by Gasteiger charge is -2.17. The van der Waals surface area contributed by atoms with Crippen molar-refractivity contribution in [3.8, 4) is 0 Å². The third-order valence-electron chi connectivity index (χ3n) is 1.19. The van der Waals surface area contributed by atoms with Gasteiger partial charge in [0.15, 0.2) is 0 Å². The minimum absolute atomic E-state index is 1.07. The summed E-state index contributed by atoms with van der Waals surface area (Å²) >= 11 is 0. The summed E-state index contributed by atoms with van der Waals surface area (Å²) in [5, 5.41) is 0. The molecule has 5 nitrogen and oxygen atoms in total. The molecule has 0 atom stereocenters. The van der Waals surface area contributed by atoms with E-state index in [1.807, 2.05) is 19.6 Å². The van der Waals surface area contributed by atoms with E-state index >= 15 is 0 Å². The van der Waals surface area contributed by atoms with Gasteiger partial charge < -0.3 is 0 Å². The highest BCUT2D eigenvalue weighted by molar-refractivity contribution is 7.89. The molecule has 1 aromatic heterocycles. The summed E-state index contributed by atoms with van der Waals surface area (Å²) in [6, 6.07) is 0. The number of rotatable bonds is 3. The lowest BCUT2D eigenvalue weighted by Crippen LogP contribution is -2.47. The Morgan fingerprint density at radius 3 is 2.38 bits per heavy atom. The molecule has 0 aliphatic heterocycles. The summed E-state index contributed by atoms with van der Waals surface area (Å²) < 4.78 is 26.8. The topological polar surface area (TPSA) is 64.0 Å². The molecule has 0 radical (unpaired) electrons. The fourth-order valence-corrected chi connectivity index (χ4v) is 4.74. The van der Waals surface area contributed by atoms with Crippen molar-refractivity contribution >= 4 is 18.4 Å². The Hall–Kier alpha value is -0.663. The minimum Gasteiger partial charge on any atom is -0.244 e. The van der Waals surface area contributed by atoms with Crippen molar-refractivity contribution in [3.63, 3.8) is 0 Å². The van der Waals surface area contributed by atoms with Crippen molar-refractivity contribution in [2.75, 3.05) is 0 Å². The van der Waals surface area contributed by atoms with E-state index in [4.69, 9.17) is 0 Å². The molecule has 1 rings (SSSR count). The predicted molar refractivity (Wildman–Crippen MR) is 53.0 cm³/mol. The molecular weight excluding hydrogens is 206 g/mol. The van der Waals surface area contributed by atoms with Gasteiger partial charge in [-0.25, -0.2) is 13.3 Å². The van der Waals surface area contributed by atoms with Crippen molar-refractivity contribution in [3.05, 3.63) is 18.7 Å². The second-order valence-electron chi connectivity index (χ2n) is 3.75. The van der Waals surface area contributed by atoms with Crippen LogP contribution in [0.4, 0.5) is 0 Å². The van der Waals surface area contributed by atoms with Crippen LogP contribution in [0.15, 0.2) is 18.7 Å². The molecule has 0 aliphatic rings. The largest absolute Gasteiger partial charge is 0.300 e. The molecule has 13 heavy (non-hydrogen) atoms. The van der Waals surface area contributed by atoms with Gasteiger partial charge in [0, 0.05) is 12.4 Å². The summed E-state index contributed by atoms with van der Waals surface area (Å²) in [5.74, 6) is 0. The Morgan fingerprint density at radius 2 is 2.00 bits per heavy atom. The quantitative estimate of drug-likeness (QED) is 0.748. The van der Waals surface area contributed by atoms with Crippen molar-refractivity contribution in [1.29, 1.82) is 0 Å². The van der Waals surface area contributed by atoms with Gasteiger partial charge in [0.1, 0.15) is 14.6 Å². The van der Waals surface area contributed by atoms with E-state index in [0.717, 1.165) is 3.97 Å². The highest BCUT2D eigenvalue weighted by Crippen LogP contribution is 2.00. The zero-order valence-electron chi connectivity index (χ0n) is 7.85. The van der Waals surface area contributed by atoms with Gasteiger partial charge in [0.25, 0.3) is 10.2 Å². The first kappa shape index (κ1) is 10.4. The van der Waals surface area contributed by atoms with Crippen LogP contribution in [-0.4, -0.2) is 25.6 Å². The molecule has 0 aliphatic carbocycles. The van der Waals surface area contributed by atoms with Crippen LogP contribution in [-0.2, 0) is 10.2 Å². The van der Waals surface area contributed by atoms with Crippen LogP contribution in [0.5, 0.6) is 0 Å². The Bertz CT molecular complexity index is 365. The van der Waals surface area contributed by atoms with Crippen LogP contribution in [0.2, 0.25) is 19.6 Å². The fourth-order valence-electron chi connectivity index (χ4n) is 0.829. The van der Waals surface area contributed by atoms with Crippen molar-refractivity contribution in [2.24, 2.45) is 0 Å². The third kappa shape index (κ3) is 2.94. The number of aromatic nitrogens is 2. The lowest BCUT2D eigenvalue weighted by molar-refractivity contribution is 0.583. The van der Waals surface area contributed by atoms with Gasteiger partial charge in [-0.05, 0) is 0 Å². The minimum atomic E-state index is -3.41. The number of nitrogens with zero attached hydrogens (tertiary/aromatic N) is 2. The summed E-state index contributed by atoms with van der Waals surface area (Å²) in [5.41, 5.74) is 0. The molecule has 0 saturated carbocycles. The second-order valence-corrected chi connectivity index (χ2v) is 10.4. The van der Waals surface area contributed by atoms with Crippen molar-refractivity contribution in [2.45, 2.75) is 19.6 Å². The van der Waals surface area contributed by atoms with Gasteiger partial charge in [-0.2, -0.15) is 8.42 Å². The Labute approximate surface area is 79.1 Å². The van der Waals surface area contributed by atoms with E-state index < -0.39 is 18.4 Å². The molecule has 0 spiro atoms. The molecule has 1 heterocycles. The van der Waals surface area contributed by atoms with Gasteiger partial charge in [0.2, 0.25) is 0 Å². The zero-order chi connectivity index (χ0) is 10.1. The Morgan fingerprint density at radius 1 is 1.38 bits per heavy atom. The van der Waals surface area contributed by atoms with Crippen molar-refractivity contribution < 1.29 is 8.42 Å². The van der Waals surface area contributed by atoms with E-state index in [-0.39, 0.29) is 0 Å². The zero-order valence-corrected chi connectivity index (χ0v) is 9.67. The monoisotopic (exact) mass is 219 g/mol. The first-order valence-corrected chi connectivity index (χ1v) is 8.78. The third-order valence-corrected chi connectivity index (χ3v) is 5.45. The summed E-state index contributed by atoms with van der Waals surface area (Å²) in [6.07, 6.45) is 4.11. The Kier molecular flexibility index (Phi) is 2.60. The highest BCUT2D eigenvalue weighted by Gasteiger charge is 2.22. The van der Waals surface area contributed by atoms with E-state index in [2.05, 4.69) is 9.37 Å². The van der Waals surface area contributed by atoms with Crippen LogP contribution in [0.3, 0.4) is 0 Å². The molecule has 1 aromatic rings. The molecule has 7 heteroatoms. The Balaban J connectivity index is 2.93. The number of nitrogens with one attached hydrogen (secondary N) is 1. The predicted octanol–water partition coefficient (Wildman–Crippen LogP) is 0.400.